The molecule has 0 amide bonds. The molecule has 0 bridgehead atoms. The molecule has 0 unspecified atom stereocenters. The van der Waals surface area contributed by atoms with Crippen molar-refractivity contribution in [1.29, 1.82) is 0 Å². The Labute approximate surface area is 141 Å². The molecule has 0 rings (SSSR count). The Kier molecular flexibility index (Phi) is 3700. The summed E-state index contributed by atoms with van der Waals surface area (Å²) in [5, 5.41) is 0. The van der Waals surface area contributed by atoms with Crippen molar-refractivity contribution in [3.63, 3.8) is 0 Å². The van der Waals surface area contributed by atoms with Gasteiger partial charge in [0, 0.05) is 0 Å². The van der Waals surface area contributed by atoms with Crippen molar-refractivity contribution >= 4 is 51.7 Å². The van der Waals surface area contributed by atoms with Gasteiger partial charge in [-0.2, -0.15) is 0 Å². The third-order valence-electron chi connectivity index (χ3n) is 0. The van der Waals surface area contributed by atoms with E-state index in [1.165, 1.54) is 0 Å². The topological polar surface area (TPSA) is 171 Å². The number of rotatable bonds is 0. The zero-order chi connectivity index (χ0) is 0. The second kappa shape index (κ2) is 180. The number of hydrogen-bond acceptors (Lipinski definition) is 0. The van der Waals surface area contributed by atoms with Crippen LogP contribution in [0.1, 0.15) is 0 Å². The molecule has 0 aromatic carbocycles. The first kappa shape index (κ1) is 226. The molecular weight excluding hydrogens is 522 g/mol. The maximum absolute atomic E-state index is 0. The Hall–Kier alpha value is 3.37. The van der Waals surface area contributed by atoms with Crippen molar-refractivity contribution in [2.45, 2.75) is 0 Å². The molecule has 0 saturated heterocycles. The molecule has 0 aromatic heterocycles. The Balaban J connectivity index is 0. The maximum Gasteiger partial charge on any atom is 3.00 e. The monoisotopic (exact) mass is 518 g/mol. The summed E-state index contributed by atoms with van der Waals surface area (Å²) in [5.74, 6) is 0. The third kappa shape index (κ3) is 152. The predicted molar refractivity (Wildman–Crippen MR) is 15.6 cm³/mol. The van der Waals surface area contributed by atoms with Crippen LogP contribution in [0.25, 0.3) is 0 Å². The van der Waals surface area contributed by atoms with Crippen molar-refractivity contribution < 1.29 is 91.3 Å². The van der Waals surface area contributed by atoms with Gasteiger partial charge < -0.3 is 32.9 Å². The largest absolute Gasteiger partial charge is 3.00 e. The zero-order valence-electron chi connectivity index (χ0n) is 5.73. The maximum atomic E-state index is 0. The number of hydrogen-bond donors (Lipinski definition) is 0. The molecule has 0 fully saturated rings. The standard InChI is InChI=1S/2In.6O.3Zn/q2*+3;6*-2;3*+2. The van der Waals surface area contributed by atoms with Gasteiger partial charge in [0.05, 0.1) is 0 Å². The van der Waals surface area contributed by atoms with Gasteiger partial charge in [0.25, 0.3) is 0 Å². The minimum absolute atomic E-state index is 0. The van der Waals surface area contributed by atoms with Crippen LogP contribution in [0.3, 0.4) is 0 Å². The van der Waals surface area contributed by atoms with Gasteiger partial charge in [0.1, 0.15) is 0 Å². The molecule has 0 spiro atoms. The van der Waals surface area contributed by atoms with Gasteiger partial charge in [-0.25, -0.2) is 0 Å². The van der Waals surface area contributed by atoms with Crippen LogP contribution in [0.15, 0.2) is 0 Å². The normalized spacial score (nSPS) is 0. The molecule has 0 aliphatic rings. The minimum Gasteiger partial charge on any atom is -2.00 e. The van der Waals surface area contributed by atoms with Crippen LogP contribution >= 0.6 is 0 Å². The summed E-state index contributed by atoms with van der Waals surface area (Å²) in [6.07, 6.45) is 0. The molecule has 0 atom stereocenters. The van der Waals surface area contributed by atoms with Gasteiger partial charge in [-0.3, -0.25) is 0 Å². The van der Waals surface area contributed by atoms with E-state index in [0.717, 1.165) is 0 Å². The minimum atomic E-state index is 0. The molecule has 0 N–H and O–H groups in total. The van der Waals surface area contributed by atoms with Crippen molar-refractivity contribution in [3.05, 3.63) is 0 Å². The average Bonchev–Trinajstić information content (AvgIpc) is 0. The Morgan fingerprint density at radius 1 is 0.273 bits per heavy atom. The van der Waals surface area contributed by atoms with E-state index in [1.54, 1.807) is 0 Å². The predicted octanol–water partition coefficient (Wildman–Crippen LogP) is -1.48. The molecule has 0 aliphatic heterocycles. The van der Waals surface area contributed by atoms with Crippen LogP contribution < -0.4 is 0 Å². The molecule has 11 heavy (non-hydrogen) atoms. The first-order valence-electron chi connectivity index (χ1n) is 0. The molecule has 0 aliphatic carbocycles. The zero-order valence-corrected chi connectivity index (χ0v) is 21.2. The Morgan fingerprint density at radius 2 is 0.273 bits per heavy atom. The van der Waals surface area contributed by atoms with Gasteiger partial charge in [-0.05, 0) is 0 Å². The van der Waals surface area contributed by atoms with Gasteiger partial charge in [-0.1, -0.05) is 0 Å². The van der Waals surface area contributed by atoms with Crippen LogP contribution in [-0.4, -0.2) is 51.7 Å². The summed E-state index contributed by atoms with van der Waals surface area (Å²) < 4.78 is 0. The first-order valence-corrected chi connectivity index (χ1v) is 0. The molecule has 11 heteroatoms. The first-order chi connectivity index (χ1) is 0. The van der Waals surface area contributed by atoms with Crippen molar-refractivity contribution in [3.8, 4) is 0 Å². The Bertz CT molecular complexity index is 15.8. The summed E-state index contributed by atoms with van der Waals surface area (Å²) >= 11 is 0. The molecule has 0 aromatic rings. The fourth-order valence-electron chi connectivity index (χ4n) is 0. The van der Waals surface area contributed by atoms with Crippen molar-refractivity contribution in [2.24, 2.45) is 0 Å². The fourth-order valence-corrected chi connectivity index (χ4v) is 0. The van der Waals surface area contributed by atoms with E-state index in [1.807, 2.05) is 0 Å². The van der Waals surface area contributed by atoms with Gasteiger partial charge in [0.2, 0.25) is 0 Å². The third-order valence-corrected chi connectivity index (χ3v) is 0. The van der Waals surface area contributed by atoms with E-state index >= 15 is 0 Å². The van der Waals surface area contributed by atoms with Crippen molar-refractivity contribution in [1.82, 2.24) is 0 Å². The second-order valence-electron chi connectivity index (χ2n) is 0. The molecule has 48 valence electrons. The molecular formula is In2O6Zn3. The van der Waals surface area contributed by atoms with E-state index in [4.69, 9.17) is 0 Å². The summed E-state index contributed by atoms with van der Waals surface area (Å²) in [6, 6.07) is 0. The molecule has 0 heterocycles. The van der Waals surface area contributed by atoms with Crippen LogP contribution in [0.5, 0.6) is 0 Å². The molecule has 6 nitrogen and oxygen atoms in total. The van der Waals surface area contributed by atoms with Crippen molar-refractivity contribution in [2.75, 3.05) is 0 Å². The smallest absolute Gasteiger partial charge is 2.00 e. The molecule has 0 saturated carbocycles. The van der Waals surface area contributed by atoms with E-state index in [9.17, 15) is 0 Å². The molecule has 0 radical (unpaired) electrons. The SMILES string of the molecule is [In+3].[In+3].[O-2].[O-2].[O-2].[O-2].[O-2].[O-2].[Zn+2].[Zn+2].[Zn+2]. The summed E-state index contributed by atoms with van der Waals surface area (Å²) in [5.41, 5.74) is 0. The van der Waals surface area contributed by atoms with E-state index in [-0.39, 0.29) is 143 Å². The van der Waals surface area contributed by atoms with Crippen LogP contribution in [0, 0.1) is 0 Å². The summed E-state index contributed by atoms with van der Waals surface area (Å²) in [4.78, 5) is 0. The second-order valence-corrected chi connectivity index (χ2v) is 0. The average molecular weight is 522 g/mol. The van der Waals surface area contributed by atoms with Gasteiger partial charge in [0.15, 0.2) is 0 Å². The van der Waals surface area contributed by atoms with Crippen LogP contribution in [0.4, 0.5) is 0 Å². The summed E-state index contributed by atoms with van der Waals surface area (Å²) in [6.45, 7) is 0. The Morgan fingerprint density at radius 3 is 0.273 bits per heavy atom. The fraction of sp³-hybridized carbons (Fsp3) is 0. The van der Waals surface area contributed by atoms with Crippen LogP contribution in [-0.2, 0) is 91.3 Å². The van der Waals surface area contributed by atoms with E-state index < -0.39 is 0 Å². The van der Waals surface area contributed by atoms with E-state index in [2.05, 4.69) is 0 Å². The quantitative estimate of drug-likeness (QED) is 0.339. The van der Waals surface area contributed by atoms with Gasteiger partial charge in [-0.15, -0.1) is 0 Å². The van der Waals surface area contributed by atoms with Crippen LogP contribution in [0.2, 0.25) is 0 Å². The van der Waals surface area contributed by atoms with Gasteiger partial charge >= 0.3 is 110 Å². The summed E-state index contributed by atoms with van der Waals surface area (Å²) in [7, 11) is 0. The van der Waals surface area contributed by atoms with E-state index in [0.29, 0.717) is 0 Å².